The number of anilines is 1. The van der Waals surface area contributed by atoms with Crippen molar-refractivity contribution in [3.8, 4) is 11.8 Å². The lowest BCUT2D eigenvalue weighted by atomic mass is 10.0. The average molecular weight is 306 g/mol. The molecular weight excluding hydrogens is 292 g/mol. The topological polar surface area (TPSA) is 77.7 Å². The summed E-state index contributed by atoms with van der Waals surface area (Å²) in [6.45, 7) is 0. The Morgan fingerprint density at radius 1 is 1.26 bits per heavy atom. The van der Waals surface area contributed by atoms with Crippen molar-refractivity contribution in [1.29, 1.82) is 5.26 Å². The van der Waals surface area contributed by atoms with E-state index in [9.17, 15) is 10.2 Å². The molecule has 1 aliphatic rings. The van der Waals surface area contributed by atoms with Crippen molar-refractivity contribution in [3.05, 3.63) is 57.3 Å². The van der Waals surface area contributed by atoms with Crippen LogP contribution in [-0.2, 0) is 0 Å². The van der Waals surface area contributed by atoms with Crippen LogP contribution in [0.4, 0.5) is 11.4 Å². The van der Waals surface area contributed by atoms with E-state index < -0.39 is 0 Å². The quantitative estimate of drug-likeness (QED) is 0.870. The lowest BCUT2D eigenvalue weighted by molar-refractivity contribution is 0.415. The van der Waals surface area contributed by atoms with Gasteiger partial charge in [-0.15, -0.1) is 4.91 Å². The van der Waals surface area contributed by atoms with Gasteiger partial charge in [-0.05, 0) is 41.1 Å². The Morgan fingerprint density at radius 2 is 2.00 bits per heavy atom. The van der Waals surface area contributed by atoms with E-state index in [1.165, 1.54) is 0 Å². The predicted octanol–water partition coefficient (Wildman–Crippen LogP) is 1.51. The Morgan fingerprint density at radius 3 is 2.61 bits per heavy atom. The van der Waals surface area contributed by atoms with Crippen LogP contribution in [0.1, 0.15) is 5.56 Å². The highest BCUT2D eigenvalue weighted by Crippen LogP contribution is 2.23. The van der Waals surface area contributed by atoms with Crippen LogP contribution in [0.3, 0.4) is 0 Å². The molecule has 3 rings (SSSR count). The monoisotopic (exact) mass is 306 g/mol. The zero-order chi connectivity index (χ0) is 16.4. The number of hydrogen-bond acceptors (Lipinski definition) is 6. The minimum Gasteiger partial charge on any atom is -0.497 e. The van der Waals surface area contributed by atoms with Crippen LogP contribution >= 0.6 is 0 Å². The maximum absolute atomic E-state index is 11.0. The molecule has 1 heterocycles. The number of benzene rings is 2. The zero-order valence-corrected chi connectivity index (χ0v) is 12.7. The number of nitroso groups, excluding NO2 is 1. The van der Waals surface area contributed by atoms with Gasteiger partial charge in [-0.1, -0.05) is 6.07 Å². The SMILES string of the molecule is COc1ccc(/C(C#N)=c2/ccc(N=O)c3c2=CNN3C)cc1. The summed E-state index contributed by atoms with van der Waals surface area (Å²) in [6.07, 6.45) is 1.76. The Bertz CT molecular complexity index is 927. The van der Waals surface area contributed by atoms with Crippen LogP contribution in [-0.4, -0.2) is 14.2 Å². The molecule has 0 amide bonds. The van der Waals surface area contributed by atoms with Crippen molar-refractivity contribution in [1.82, 2.24) is 5.43 Å². The van der Waals surface area contributed by atoms with Crippen molar-refractivity contribution < 1.29 is 4.74 Å². The summed E-state index contributed by atoms with van der Waals surface area (Å²) in [5, 5.41) is 15.9. The van der Waals surface area contributed by atoms with E-state index in [1.807, 2.05) is 24.3 Å². The van der Waals surface area contributed by atoms with Gasteiger partial charge in [0.05, 0.1) is 18.4 Å². The normalized spacial score (nSPS) is 13.3. The number of methoxy groups -OCH3 is 1. The molecule has 0 radical (unpaired) electrons. The molecule has 0 saturated carbocycles. The molecule has 0 unspecified atom stereocenters. The number of rotatable bonds is 3. The fourth-order valence-electron chi connectivity index (χ4n) is 2.65. The molecule has 0 bridgehead atoms. The maximum Gasteiger partial charge on any atom is 0.133 e. The van der Waals surface area contributed by atoms with Crippen molar-refractivity contribution in [2.24, 2.45) is 5.18 Å². The molecule has 1 aliphatic heterocycles. The number of fused-ring (bicyclic) bond motifs is 1. The molecule has 0 aliphatic carbocycles. The third-order valence-electron chi connectivity index (χ3n) is 3.79. The second-order valence-electron chi connectivity index (χ2n) is 5.03. The van der Waals surface area contributed by atoms with E-state index in [4.69, 9.17) is 4.74 Å². The minimum atomic E-state index is 0.333. The first-order valence-electron chi connectivity index (χ1n) is 6.95. The average Bonchev–Trinajstić information content (AvgIpc) is 2.99. The summed E-state index contributed by atoms with van der Waals surface area (Å²) in [4.78, 5) is 11.0. The predicted molar refractivity (Wildman–Crippen MR) is 88.3 cm³/mol. The number of nitrogens with one attached hydrogen (secondary N) is 1. The van der Waals surface area contributed by atoms with E-state index >= 15 is 0 Å². The van der Waals surface area contributed by atoms with E-state index in [0.29, 0.717) is 16.9 Å². The van der Waals surface area contributed by atoms with Gasteiger partial charge in [0.25, 0.3) is 0 Å². The van der Waals surface area contributed by atoms with Gasteiger partial charge in [0, 0.05) is 23.7 Å². The second-order valence-corrected chi connectivity index (χ2v) is 5.03. The summed E-state index contributed by atoms with van der Waals surface area (Å²) in [7, 11) is 3.39. The van der Waals surface area contributed by atoms with Gasteiger partial charge in [0.15, 0.2) is 0 Å². The summed E-state index contributed by atoms with van der Waals surface area (Å²) in [6, 6.07) is 12.9. The summed E-state index contributed by atoms with van der Waals surface area (Å²) >= 11 is 0. The Hall–Kier alpha value is -3.33. The number of ether oxygens (including phenoxy) is 1. The van der Waals surface area contributed by atoms with Gasteiger partial charge in [0.1, 0.15) is 17.5 Å². The van der Waals surface area contributed by atoms with Gasteiger partial charge in [-0.2, -0.15) is 5.26 Å². The van der Waals surface area contributed by atoms with Crippen molar-refractivity contribution in [2.45, 2.75) is 0 Å². The lowest BCUT2D eigenvalue weighted by Gasteiger charge is -2.14. The molecule has 0 aromatic heterocycles. The van der Waals surface area contributed by atoms with Crippen molar-refractivity contribution >= 4 is 23.1 Å². The van der Waals surface area contributed by atoms with E-state index in [0.717, 1.165) is 21.8 Å². The van der Waals surface area contributed by atoms with E-state index in [-0.39, 0.29) is 0 Å². The van der Waals surface area contributed by atoms with Crippen LogP contribution < -0.4 is 25.6 Å². The highest BCUT2D eigenvalue weighted by atomic mass is 16.5. The Kier molecular flexibility index (Phi) is 3.69. The number of nitriles is 1. The smallest absolute Gasteiger partial charge is 0.133 e. The molecule has 1 N–H and O–H groups in total. The first-order valence-corrected chi connectivity index (χ1v) is 6.95. The standard InChI is InChI=1S/C17H14N4O2/c1-21-17-15(10-19-21)13(7-8-16(17)20-22)14(9-18)11-3-5-12(23-2)6-4-11/h3-8,10,19H,1-2H3/b14-13-. The number of nitrogens with zero attached hydrogens (tertiary/aromatic N) is 3. The van der Waals surface area contributed by atoms with E-state index in [2.05, 4.69) is 16.7 Å². The third kappa shape index (κ3) is 2.38. The number of hydrazine groups is 1. The Balaban J connectivity index is 2.32. The molecule has 0 fully saturated rings. The van der Waals surface area contributed by atoms with Crippen LogP contribution in [0.2, 0.25) is 0 Å². The second kappa shape index (κ2) is 5.81. The molecule has 0 saturated heterocycles. The van der Waals surface area contributed by atoms with Crippen molar-refractivity contribution in [3.63, 3.8) is 0 Å². The first-order chi connectivity index (χ1) is 11.2. The van der Waals surface area contributed by atoms with Crippen LogP contribution in [0.5, 0.6) is 5.75 Å². The molecule has 114 valence electrons. The molecule has 0 spiro atoms. The van der Waals surface area contributed by atoms with Gasteiger partial charge in [0.2, 0.25) is 0 Å². The van der Waals surface area contributed by atoms with E-state index in [1.54, 1.807) is 37.5 Å². The zero-order valence-electron chi connectivity index (χ0n) is 12.7. The van der Waals surface area contributed by atoms with Crippen LogP contribution in [0.25, 0.3) is 11.8 Å². The number of hydrogen-bond donors (Lipinski definition) is 1. The van der Waals surface area contributed by atoms with Gasteiger partial charge >= 0.3 is 0 Å². The molecule has 6 nitrogen and oxygen atoms in total. The fraction of sp³-hybridized carbons (Fsp3) is 0.118. The van der Waals surface area contributed by atoms with Crippen LogP contribution in [0, 0.1) is 16.2 Å². The van der Waals surface area contributed by atoms with Gasteiger partial charge < -0.3 is 10.2 Å². The molecular formula is C17H14N4O2. The lowest BCUT2D eigenvalue weighted by Crippen LogP contribution is -2.29. The maximum atomic E-state index is 11.0. The summed E-state index contributed by atoms with van der Waals surface area (Å²) in [5.41, 5.74) is 5.32. The summed E-state index contributed by atoms with van der Waals surface area (Å²) in [5.74, 6) is 0.727. The Labute approximate surface area is 132 Å². The molecule has 23 heavy (non-hydrogen) atoms. The minimum absolute atomic E-state index is 0.333. The fourth-order valence-corrected chi connectivity index (χ4v) is 2.65. The third-order valence-corrected chi connectivity index (χ3v) is 3.79. The van der Waals surface area contributed by atoms with Gasteiger partial charge in [-0.3, -0.25) is 5.01 Å². The highest BCUT2D eigenvalue weighted by Gasteiger charge is 2.16. The molecule has 2 aromatic carbocycles. The molecule has 2 aromatic rings. The first kappa shape index (κ1) is 14.6. The van der Waals surface area contributed by atoms with Crippen LogP contribution in [0.15, 0.2) is 41.6 Å². The highest BCUT2D eigenvalue weighted by molar-refractivity contribution is 5.80. The van der Waals surface area contributed by atoms with Crippen molar-refractivity contribution in [2.75, 3.05) is 19.2 Å². The largest absolute Gasteiger partial charge is 0.497 e. The summed E-state index contributed by atoms with van der Waals surface area (Å²) < 4.78 is 5.14. The molecule has 0 atom stereocenters. The molecule has 6 heteroatoms. The van der Waals surface area contributed by atoms with Gasteiger partial charge in [-0.25, -0.2) is 0 Å².